The zero-order valence-electron chi connectivity index (χ0n) is 24.6. The molecular weight excluding hydrogens is 591 g/mol. The van der Waals surface area contributed by atoms with Crippen LogP contribution in [0.3, 0.4) is 0 Å². The molecular formula is C32H36F3N5O3S. The van der Waals surface area contributed by atoms with Crippen molar-refractivity contribution in [2.24, 2.45) is 4.99 Å². The molecule has 0 spiro atoms. The standard InChI is InChI=1S/C32H36F3N5O3S/c1-2-36-30-26(23-8-4-3-5-9-23)10-6-12-29(30)44(42,43)38-25-15-13-24(14-16-25)31(41)40-20-18-39(19-21-40)22-28-27(32(33,34)35)11-7-17-37-28/h2,6-7,10-17,23,38H,3-5,8-9,18-22H2,1H3/b36-2-. The molecule has 1 aliphatic heterocycles. The quantitative estimate of drug-likeness (QED) is 0.283. The van der Waals surface area contributed by atoms with Crippen LogP contribution in [-0.4, -0.2) is 61.5 Å². The molecule has 2 heterocycles. The number of carbonyl (C=O) groups excluding carboxylic acids is 1. The van der Waals surface area contributed by atoms with Crippen LogP contribution in [0, 0.1) is 0 Å². The summed E-state index contributed by atoms with van der Waals surface area (Å²) in [6.45, 7) is 3.31. The fraction of sp³-hybridized carbons (Fsp3) is 0.406. The first-order valence-corrected chi connectivity index (χ1v) is 16.3. The van der Waals surface area contributed by atoms with Crippen molar-refractivity contribution in [3.8, 4) is 0 Å². The van der Waals surface area contributed by atoms with Crippen LogP contribution >= 0.6 is 0 Å². The highest BCUT2D eigenvalue weighted by molar-refractivity contribution is 7.92. The zero-order chi connectivity index (χ0) is 31.3. The number of hydrogen-bond acceptors (Lipinski definition) is 6. The van der Waals surface area contributed by atoms with Crippen LogP contribution < -0.4 is 4.72 Å². The molecule has 1 saturated carbocycles. The minimum atomic E-state index is -4.48. The maximum Gasteiger partial charge on any atom is 0.418 e. The number of carbonyl (C=O) groups is 1. The summed E-state index contributed by atoms with van der Waals surface area (Å²) in [5, 5.41) is 0. The first-order chi connectivity index (χ1) is 21.1. The van der Waals surface area contributed by atoms with Gasteiger partial charge in [0.05, 0.1) is 16.9 Å². The lowest BCUT2D eigenvalue weighted by atomic mass is 9.83. The number of halogens is 3. The van der Waals surface area contributed by atoms with E-state index in [-0.39, 0.29) is 29.0 Å². The number of nitrogens with zero attached hydrogens (tertiary/aromatic N) is 4. The molecule has 44 heavy (non-hydrogen) atoms. The van der Waals surface area contributed by atoms with E-state index in [2.05, 4.69) is 14.7 Å². The Bertz CT molecular complexity index is 1600. The summed E-state index contributed by atoms with van der Waals surface area (Å²) in [5.74, 6) is 0.0461. The van der Waals surface area contributed by atoms with Gasteiger partial charge in [-0.3, -0.25) is 24.4 Å². The molecule has 5 rings (SSSR count). The van der Waals surface area contributed by atoms with Gasteiger partial charge in [0.15, 0.2) is 0 Å². The molecule has 8 nitrogen and oxygen atoms in total. The maximum atomic E-state index is 13.5. The summed E-state index contributed by atoms with van der Waals surface area (Å²) >= 11 is 0. The second-order valence-corrected chi connectivity index (χ2v) is 12.8. The topological polar surface area (TPSA) is 95.0 Å². The summed E-state index contributed by atoms with van der Waals surface area (Å²) in [7, 11) is -3.97. The van der Waals surface area contributed by atoms with E-state index in [9.17, 15) is 26.4 Å². The maximum absolute atomic E-state index is 13.5. The molecule has 3 aromatic rings. The van der Waals surface area contributed by atoms with Gasteiger partial charge in [-0.2, -0.15) is 13.2 Å². The Labute approximate surface area is 256 Å². The van der Waals surface area contributed by atoms with Crippen LogP contribution in [0.1, 0.15) is 72.1 Å². The number of para-hydroxylation sites is 1. The van der Waals surface area contributed by atoms with E-state index in [1.807, 2.05) is 11.0 Å². The van der Waals surface area contributed by atoms with Crippen molar-refractivity contribution >= 4 is 33.5 Å². The minimum Gasteiger partial charge on any atom is -0.336 e. The number of sulfonamides is 1. The van der Waals surface area contributed by atoms with E-state index >= 15 is 0 Å². The summed E-state index contributed by atoms with van der Waals surface area (Å²) in [4.78, 5) is 25.2. The molecule has 0 bridgehead atoms. The lowest BCUT2D eigenvalue weighted by molar-refractivity contribution is -0.138. The second kappa shape index (κ2) is 13.5. The van der Waals surface area contributed by atoms with Gasteiger partial charge < -0.3 is 4.90 Å². The third kappa shape index (κ3) is 7.29. The lowest BCUT2D eigenvalue weighted by Gasteiger charge is -2.35. The molecule has 0 atom stereocenters. The highest BCUT2D eigenvalue weighted by Gasteiger charge is 2.34. The highest BCUT2D eigenvalue weighted by atomic mass is 32.2. The number of amides is 1. The average molecular weight is 628 g/mol. The van der Waals surface area contributed by atoms with Crippen molar-refractivity contribution in [3.05, 3.63) is 83.2 Å². The Kier molecular flexibility index (Phi) is 9.69. The predicted octanol–water partition coefficient (Wildman–Crippen LogP) is 6.63. The SMILES string of the molecule is C/C=N\c1c(C2CCCCC2)cccc1S(=O)(=O)Nc1ccc(C(=O)N2CCN(Cc3ncccc3C(F)(F)F)CC2)cc1. The van der Waals surface area contributed by atoms with Crippen LogP contribution in [0.15, 0.2) is 70.7 Å². The number of pyridine rings is 1. The number of piperazine rings is 1. The van der Waals surface area contributed by atoms with E-state index in [4.69, 9.17) is 0 Å². The Morgan fingerprint density at radius 3 is 2.36 bits per heavy atom. The molecule has 234 valence electrons. The lowest BCUT2D eigenvalue weighted by Crippen LogP contribution is -2.48. The van der Waals surface area contributed by atoms with E-state index in [0.29, 0.717) is 43.1 Å². The molecule has 2 aliphatic rings. The number of aliphatic imine (C=N–C) groups is 1. The third-order valence-electron chi connectivity index (χ3n) is 8.24. The average Bonchev–Trinajstić information content (AvgIpc) is 3.02. The molecule has 12 heteroatoms. The van der Waals surface area contributed by atoms with Crippen LogP contribution in [0.25, 0.3) is 0 Å². The van der Waals surface area contributed by atoms with Gasteiger partial charge in [-0.1, -0.05) is 31.4 Å². The van der Waals surface area contributed by atoms with Crippen LogP contribution in [0.2, 0.25) is 0 Å². The van der Waals surface area contributed by atoms with Crippen LogP contribution in [0.5, 0.6) is 0 Å². The van der Waals surface area contributed by atoms with Gasteiger partial charge in [-0.25, -0.2) is 8.42 Å². The van der Waals surface area contributed by atoms with Gasteiger partial charge in [0.1, 0.15) is 4.90 Å². The number of aromatic nitrogens is 1. The summed E-state index contributed by atoms with van der Waals surface area (Å²) in [6.07, 6.45) is 3.92. The molecule has 2 fully saturated rings. The minimum absolute atomic E-state index is 0.0350. The number of anilines is 1. The number of hydrogen-bond donors (Lipinski definition) is 1. The number of rotatable bonds is 8. The van der Waals surface area contributed by atoms with Gasteiger partial charge in [0.2, 0.25) is 0 Å². The van der Waals surface area contributed by atoms with E-state index in [1.54, 1.807) is 54.4 Å². The van der Waals surface area contributed by atoms with E-state index in [0.717, 1.165) is 37.3 Å². The molecule has 0 radical (unpaired) electrons. The summed E-state index contributed by atoms with van der Waals surface area (Å²) in [5.41, 5.74) is 1.34. The van der Waals surface area contributed by atoms with Crippen molar-refractivity contribution in [3.63, 3.8) is 0 Å². The molecule has 1 aromatic heterocycles. The van der Waals surface area contributed by atoms with Gasteiger partial charge >= 0.3 is 6.18 Å². The second-order valence-electron chi connectivity index (χ2n) is 11.2. The van der Waals surface area contributed by atoms with Crippen molar-refractivity contribution < 1.29 is 26.4 Å². The third-order valence-corrected chi connectivity index (χ3v) is 9.65. The van der Waals surface area contributed by atoms with Crippen molar-refractivity contribution in [2.75, 3.05) is 30.9 Å². The monoisotopic (exact) mass is 627 g/mol. The Balaban J connectivity index is 1.23. The number of alkyl halides is 3. The van der Waals surface area contributed by atoms with Gasteiger partial charge in [-0.05, 0) is 73.7 Å². The van der Waals surface area contributed by atoms with Gasteiger partial charge in [0, 0.05) is 56.4 Å². The highest BCUT2D eigenvalue weighted by Crippen LogP contribution is 2.41. The summed E-state index contributed by atoms with van der Waals surface area (Å²) in [6, 6.07) is 13.8. The van der Waals surface area contributed by atoms with Crippen molar-refractivity contribution in [2.45, 2.75) is 62.6 Å². The fourth-order valence-electron chi connectivity index (χ4n) is 5.98. The fourth-order valence-corrected chi connectivity index (χ4v) is 7.22. The molecule has 1 amide bonds. The Hall–Kier alpha value is -3.77. The largest absolute Gasteiger partial charge is 0.418 e. The first-order valence-electron chi connectivity index (χ1n) is 14.8. The van der Waals surface area contributed by atoms with Crippen LogP contribution in [-0.2, 0) is 22.7 Å². The zero-order valence-corrected chi connectivity index (χ0v) is 25.4. The first kappa shape index (κ1) is 31.6. The van der Waals surface area contributed by atoms with Gasteiger partial charge in [0.25, 0.3) is 15.9 Å². The van der Waals surface area contributed by atoms with E-state index < -0.39 is 21.8 Å². The smallest absolute Gasteiger partial charge is 0.336 e. The molecule has 0 unspecified atom stereocenters. The molecule has 1 aliphatic carbocycles. The molecule has 1 N–H and O–H groups in total. The normalized spacial score (nSPS) is 17.2. The molecule has 2 aromatic carbocycles. The number of nitrogens with one attached hydrogen (secondary N) is 1. The molecule has 1 saturated heterocycles. The van der Waals surface area contributed by atoms with E-state index in [1.165, 1.54) is 18.7 Å². The summed E-state index contributed by atoms with van der Waals surface area (Å²) < 4.78 is 69.7. The Morgan fingerprint density at radius 1 is 1.00 bits per heavy atom. The Morgan fingerprint density at radius 2 is 1.70 bits per heavy atom. The van der Waals surface area contributed by atoms with Gasteiger partial charge in [-0.15, -0.1) is 0 Å². The number of benzene rings is 2. The van der Waals surface area contributed by atoms with Crippen LogP contribution in [0.4, 0.5) is 24.5 Å². The predicted molar refractivity (Wildman–Crippen MR) is 164 cm³/mol. The van der Waals surface area contributed by atoms with Crippen molar-refractivity contribution in [1.29, 1.82) is 0 Å². The van der Waals surface area contributed by atoms with Crippen molar-refractivity contribution in [1.82, 2.24) is 14.8 Å².